The molecule has 6 nitrogen and oxygen atoms in total. The number of carbonyl (C=O) groups is 1. The van der Waals surface area contributed by atoms with Gasteiger partial charge in [0.15, 0.2) is 5.16 Å². The van der Waals surface area contributed by atoms with Crippen LogP contribution in [-0.2, 0) is 4.79 Å². The molecule has 3 heterocycles. The summed E-state index contributed by atoms with van der Waals surface area (Å²) in [5, 5.41) is 9.00. The van der Waals surface area contributed by atoms with Gasteiger partial charge in [0, 0.05) is 24.5 Å². The number of aromatic nitrogens is 4. The maximum absolute atomic E-state index is 12.3. The van der Waals surface area contributed by atoms with E-state index in [9.17, 15) is 4.79 Å². The van der Waals surface area contributed by atoms with Crippen LogP contribution in [-0.4, -0.2) is 49.2 Å². The summed E-state index contributed by atoms with van der Waals surface area (Å²) in [6.45, 7) is 7.94. The average molecular weight is 319 g/mol. The number of fused-ring (bicyclic) bond motifs is 1. The van der Waals surface area contributed by atoms with E-state index in [-0.39, 0.29) is 5.91 Å². The van der Waals surface area contributed by atoms with Crippen LogP contribution in [0.15, 0.2) is 11.2 Å². The molecule has 118 valence electrons. The molecule has 1 fully saturated rings. The first-order valence-electron chi connectivity index (χ1n) is 7.64. The van der Waals surface area contributed by atoms with E-state index < -0.39 is 0 Å². The van der Waals surface area contributed by atoms with E-state index in [1.807, 2.05) is 29.2 Å². The fourth-order valence-corrected chi connectivity index (χ4v) is 3.66. The van der Waals surface area contributed by atoms with Crippen molar-refractivity contribution in [3.63, 3.8) is 0 Å². The number of hydrogen-bond acceptors (Lipinski definition) is 5. The highest BCUT2D eigenvalue weighted by Crippen LogP contribution is 2.21. The fourth-order valence-electron chi connectivity index (χ4n) is 2.77. The quantitative estimate of drug-likeness (QED) is 0.811. The van der Waals surface area contributed by atoms with Crippen LogP contribution in [0.1, 0.15) is 31.2 Å². The Labute approximate surface area is 134 Å². The molecule has 1 saturated heterocycles. The van der Waals surface area contributed by atoms with Crippen LogP contribution in [0, 0.1) is 19.8 Å². The highest BCUT2D eigenvalue weighted by Gasteiger charge is 2.21. The first-order chi connectivity index (χ1) is 10.5. The van der Waals surface area contributed by atoms with Crippen molar-refractivity contribution < 1.29 is 4.79 Å². The Morgan fingerprint density at radius 2 is 2.05 bits per heavy atom. The van der Waals surface area contributed by atoms with Gasteiger partial charge in [-0.1, -0.05) is 18.7 Å². The van der Waals surface area contributed by atoms with Crippen molar-refractivity contribution in [2.75, 3.05) is 18.8 Å². The van der Waals surface area contributed by atoms with Crippen LogP contribution in [0.25, 0.3) is 5.78 Å². The first-order valence-corrected chi connectivity index (χ1v) is 8.63. The molecule has 0 aromatic carbocycles. The van der Waals surface area contributed by atoms with E-state index in [0.29, 0.717) is 11.5 Å². The van der Waals surface area contributed by atoms with Gasteiger partial charge in [-0.25, -0.2) is 4.98 Å². The summed E-state index contributed by atoms with van der Waals surface area (Å²) in [5.41, 5.74) is 1.96. The van der Waals surface area contributed by atoms with Crippen LogP contribution in [0.2, 0.25) is 0 Å². The largest absolute Gasteiger partial charge is 0.342 e. The molecule has 2 aromatic heterocycles. The number of likely N-dealkylation sites (tertiary alicyclic amines) is 1. The van der Waals surface area contributed by atoms with Gasteiger partial charge in [-0.15, -0.1) is 10.2 Å². The van der Waals surface area contributed by atoms with Crippen LogP contribution in [0.5, 0.6) is 0 Å². The van der Waals surface area contributed by atoms with Gasteiger partial charge >= 0.3 is 0 Å². The lowest BCUT2D eigenvalue weighted by Gasteiger charge is -2.30. The van der Waals surface area contributed by atoms with E-state index in [1.165, 1.54) is 11.8 Å². The van der Waals surface area contributed by atoms with E-state index in [1.54, 1.807) is 0 Å². The second-order valence-corrected chi connectivity index (χ2v) is 6.95. The number of nitrogens with zero attached hydrogens (tertiary/aromatic N) is 5. The normalized spacial score (nSPS) is 16.4. The molecule has 0 radical (unpaired) electrons. The van der Waals surface area contributed by atoms with Crippen molar-refractivity contribution >= 4 is 23.4 Å². The number of hydrogen-bond donors (Lipinski definition) is 0. The average Bonchev–Trinajstić information content (AvgIpc) is 2.88. The van der Waals surface area contributed by atoms with Gasteiger partial charge in [0.25, 0.3) is 5.78 Å². The molecule has 2 aromatic rings. The van der Waals surface area contributed by atoms with E-state index in [0.717, 1.165) is 48.4 Å². The van der Waals surface area contributed by atoms with Crippen LogP contribution in [0.3, 0.4) is 0 Å². The summed E-state index contributed by atoms with van der Waals surface area (Å²) in [6.07, 6.45) is 2.21. The number of amides is 1. The summed E-state index contributed by atoms with van der Waals surface area (Å²) < 4.78 is 1.91. The second kappa shape index (κ2) is 6.24. The number of thioether (sulfide) groups is 1. The zero-order valence-electron chi connectivity index (χ0n) is 13.2. The van der Waals surface area contributed by atoms with E-state index >= 15 is 0 Å². The van der Waals surface area contributed by atoms with E-state index in [4.69, 9.17) is 0 Å². The third-order valence-corrected chi connectivity index (χ3v) is 5.04. The number of aryl methyl sites for hydroxylation is 2. The van der Waals surface area contributed by atoms with Gasteiger partial charge in [0.1, 0.15) is 0 Å². The predicted molar refractivity (Wildman–Crippen MR) is 86.0 cm³/mol. The SMILES string of the molecule is Cc1cc(C)n2c(SCC(=O)N3CCC(C)CC3)nnc2n1. The molecule has 3 rings (SSSR count). The highest BCUT2D eigenvalue weighted by molar-refractivity contribution is 7.99. The Kier molecular flexibility index (Phi) is 4.33. The molecule has 0 unspecified atom stereocenters. The monoisotopic (exact) mass is 319 g/mol. The van der Waals surface area contributed by atoms with Crippen molar-refractivity contribution in [3.05, 3.63) is 17.5 Å². The maximum Gasteiger partial charge on any atom is 0.256 e. The summed E-state index contributed by atoms with van der Waals surface area (Å²) >= 11 is 1.44. The first kappa shape index (κ1) is 15.3. The number of piperidine rings is 1. The molecule has 1 amide bonds. The smallest absolute Gasteiger partial charge is 0.256 e. The van der Waals surface area contributed by atoms with Crippen molar-refractivity contribution in [1.82, 2.24) is 24.5 Å². The Hall–Kier alpha value is -1.63. The summed E-state index contributed by atoms with van der Waals surface area (Å²) in [7, 11) is 0. The summed E-state index contributed by atoms with van der Waals surface area (Å²) in [5.74, 6) is 1.92. The molecule has 22 heavy (non-hydrogen) atoms. The number of carbonyl (C=O) groups excluding carboxylic acids is 1. The molecule has 7 heteroatoms. The minimum absolute atomic E-state index is 0.186. The molecule has 0 spiro atoms. The molecule has 0 saturated carbocycles. The summed E-state index contributed by atoms with van der Waals surface area (Å²) in [4.78, 5) is 18.6. The minimum Gasteiger partial charge on any atom is -0.342 e. The Bertz CT molecular complexity index is 691. The Morgan fingerprint density at radius 1 is 1.32 bits per heavy atom. The number of rotatable bonds is 3. The molecule has 0 bridgehead atoms. The van der Waals surface area contributed by atoms with Gasteiger partial charge in [0.05, 0.1) is 5.75 Å². The van der Waals surface area contributed by atoms with Crippen molar-refractivity contribution in [2.45, 2.75) is 38.8 Å². The predicted octanol–water partition coefficient (Wildman–Crippen LogP) is 2.09. The van der Waals surface area contributed by atoms with Gasteiger partial charge in [-0.3, -0.25) is 9.20 Å². The molecular weight excluding hydrogens is 298 g/mol. The van der Waals surface area contributed by atoms with Crippen molar-refractivity contribution in [2.24, 2.45) is 5.92 Å². The van der Waals surface area contributed by atoms with Gasteiger partial charge in [-0.05, 0) is 38.7 Å². The Balaban J connectivity index is 1.68. The van der Waals surface area contributed by atoms with E-state index in [2.05, 4.69) is 22.1 Å². The third-order valence-electron chi connectivity index (χ3n) is 4.12. The lowest BCUT2D eigenvalue weighted by Crippen LogP contribution is -2.38. The molecule has 1 aliphatic heterocycles. The van der Waals surface area contributed by atoms with Crippen LogP contribution >= 0.6 is 11.8 Å². The molecular formula is C15H21N5OS. The fraction of sp³-hybridized carbons (Fsp3) is 0.600. The molecule has 0 aliphatic carbocycles. The molecule has 0 atom stereocenters. The van der Waals surface area contributed by atoms with Crippen LogP contribution in [0.4, 0.5) is 0 Å². The zero-order valence-corrected chi connectivity index (χ0v) is 14.1. The Morgan fingerprint density at radius 3 is 2.77 bits per heavy atom. The zero-order chi connectivity index (χ0) is 15.7. The third kappa shape index (κ3) is 3.09. The topological polar surface area (TPSA) is 63.4 Å². The standard InChI is InChI=1S/C15H21N5OS/c1-10-4-6-19(7-5-10)13(21)9-22-15-18-17-14-16-11(2)8-12(3)20(14)15/h8,10H,4-7,9H2,1-3H3. The lowest BCUT2D eigenvalue weighted by molar-refractivity contribution is -0.129. The lowest BCUT2D eigenvalue weighted by atomic mass is 9.99. The van der Waals surface area contributed by atoms with Crippen LogP contribution < -0.4 is 0 Å². The minimum atomic E-state index is 0.186. The highest BCUT2D eigenvalue weighted by atomic mass is 32.2. The maximum atomic E-state index is 12.3. The van der Waals surface area contributed by atoms with Crippen molar-refractivity contribution in [1.29, 1.82) is 0 Å². The van der Waals surface area contributed by atoms with Gasteiger partial charge in [-0.2, -0.15) is 0 Å². The van der Waals surface area contributed by atoms with Gasteiger partial charge < -0.3 is 4.90 Å². The van der Waals surface area contributed by atoms with Crippen molar-refractivity contribution in [3.8, 4) is 0 Å². The molecule has 1 aliphatic rings. The second-order valence-electron chi connectivity index (χ2n) is 6.01. The molecule has 0 N–H and O–H groups in total. The summed E-state index contributed by atoms with van der Waals surface area (Å²) in [6, 6.07) is 1.99. The van der Waals surface area contributed by atoms with Gasteiger partial charge in [0.2, 0.25) is 5.91 Å².